The van der Waals surface area contributed by atoms with Crippen LogP contribution in [0.2, 0.25) is 0 Å². The van der Waals surface area contributed by atoms with E-state index in [4.69, 9.17) is 4.74 Å². The second-order valence-electron chi connectivity index (χ2n) is 10.5. The molecule has 1 aliphatic carbocycles. The number of amides is 1. The Bertz CT molecular complexity index is 1440. The summed E-state index contributed by atoms with van der Waals surface area (Å²) in [5, 5.41) is 14.7. The summed E-state index contributed by atoms with van der Waals surface area (Å²) in [4.78, 5) is 30.0. The van der Waals surface area contributed by atoms with Gasteiger partial charge in [0, 0.05) is 16.7 Å². The number of pyridine rings is 1. The molecule has 9 heteroatoms. The molecule has 0 radical (unpaired) electrons. The number of carboxylic acids is 1. The van der Waals surface area contributed by atoms with Crippen molar-refractivity contribution in [3.63, 3.8) is 0 Å². The Kier molecular flexibility index (Phi) is 5.51. The van der Waals surface area contributed by atoms with E-state index in [-0.39, 0.29) is 22.9 Å². The van der Waals surface area contributed by atoms with Crippen molar-refractivity contribution in [2.45, 2.75) is 57.7 Å². The number of anilines is 1. The number of aromatic carboxylic acids is 1. The van der Waals surface area contributed by atoms with E-state index < -0.39 is 29.0 Å². The van der Waals surface area contributed by atoms with Gasteiger partial charge in [-0.3, -0.25) is 4.79 Å². The molecular formula is C28H25F2N2O5-. The lowest BCUT2D eigenvalue weighted by atomic mass is 9.79. The van der Waals surface area contributed by atoms with E-state index in [1.807, 2.05) is 27.7 Å². The number of hydrogen-bond acceptors (Lipinski definition) is 6. The fourth-order valence-electron chi connectivity index (χ4n) is 4.92. The van der Waals surface area contributed by atoms with Crippen molar-refractivity contribution in [1.29, 1.82) is 0 Å². The van der Waals surface area contributed by atoms with Crippen LogP contribution in [0, 0.1) is 6.92 Å². The Morgan fingerprint density at radius 1 is 1.03 bits per heavy atom. The van der Waals surface area contributed by atoms with Crippen molar-refractivity contribution in [2.75, 3.05) is 5.32 Å². The minimum atomic E-state index is -3.79. The molecule has 37 heavy (non-hydrogen) atoms. The molecule has 5 rings (SSSR count). The van der Waals surface area contributed by atoms with E-state index in [2.05, 4.69) is 15.0 Å². The number of aryl methyl sites for hydroxylation is 1. The summed E-state index contributed by atoms with van der Waals surface area (Å²) in [5.74, 6) is -1.67. The maximum atomic E-state index is 13.7. The Balaban J connectivity index is 1.51. The lowest BCUT2D eigenvalue weighted by molar-refractivity contribution is -0.287. The molecule has 1 aliphatic heterocycles. The summed E-state index contributed by atoms with van der Waals surface area (Å²) in [7, 11) is 0. The van der Waals surface area contributed by atoms with Crippen LogP contribution in [0.25, 0.3) is 11.3 Å². The fourth-order valence-corrected chi connectivity index (χ4v) is 4.92. The molecule has 0 atom stereocenters. The SMILES string of the molecule is Cc1ccc(NC(=O)C2(c3cccc4c3OC(F)(F)O4)CC2)nc1-c1cccc(C(=O)[O-])c1C(C)(C)C. The van der Waals surface area contributed by atoms with Gasteiger partial charge < -0.3 is 24.7 Å². The number of para-hydroxylation sites is 1. The molecule has 3 aromatic rings. The molecule has 1 amide bonds. The van der Waals surface area contributed by atoms with Gasteiger partial charge in [0.25, 0.3) is 0 Å². The van der Waals surface area contributed by atoms with E-state index in [9.17, 15) is 23.5 Å². The lowest BCUT2D eigenvalue weighted by Gasteiger charge is -2.27. The Morgan fingerprint density at radius 2 is 1.73 bits per heavy atom. The molecule has 1 aromatic heterocycles. The van der Waals surface area contributed by atoms with E-state index >= 15 is 0 Å². The average molecular weight is 508 g/mol. The van der Waals surface area contributed by atoms with Gasteiger partial charge in [-0.1, -0.05) is 57.2 Å². The molecule has 2 aliphatic rings. The number of nitrogens with zero attached hydrogens (tertiary/aromatic N) is 1. The van der Waals surface area contributed by atoms with Crippen LogP contribution in [-0.4, -0.2) is 23.2 Å². The topological polar surface area (TPSA) is 101 Å². The van der Waals surface area contributed by atoms with Crippen molar-refractivity contribution in [1.82, 2.24) is 4.98 Å². The van der Waals surface area contributed by atoms with E-state index in [1.165, 1.54) is 12.1 Å². The van der Waals surface area contributed by atoms with Gasteiger partial charge >= 0.3 is 6.29 Å². The summed E-state index contributed by atoms with van der Waals surface area (Å²) in [5.41, 5.74) is 1.34. The van der Waals surface area contributed by atoms with Crippen LogP contribution in [0.15, 0.2) is 48.5 Å². The smallest absolute Gasteiger partial charge is 0.545 e. The van der Waals surface area contributed by atoms with Crippen LogP contribution in [0.3, 0.4) is 0 Å². The molecule has 1 fully saturated rings. The zero-order valence-corrected chi connectivity index (χ0v) is 20.8. The number of aromatic nitrogens is 1. The molecule has 192 valence electrons. The highest BCUT2D eigenvalue weighted by molar-refractivity contribution is 6.02. The van der Waals surface area contributed by atoms with Gasteiger partial charge in [0.15, 0.2) is 11.5 Å². The van der Waals surface area contributed by atoms with Gasteiger partial charge in [-0.05, 0) is 48.4 Å². The van der Waals surface area contributed by atoms with Crippen LogP contribution in [0.1, 0.15) is 60.7 Å². The molecule has 0 bridgehead atoms. The highest BCUT2D eigenvalue weighted by Crippen LogP contribution is 2.56. The number of carbonyl (C=O) groups is 2. The average Bonchev–Trinajstić information content (AvgIpc) is 3.55. The van der Waals surface area contributed by atoms with Crippen molar-refractivity contribution in [3.8, 4) is 22.8 Å². The first-order valence-electron chi connectivity index (χ1n) is 11.9. The van der Waals surface area contributed by atoms with Crippen molar-refractivity contribution >= 4 is 17.7 Å². The summed E-state index contributed by atoms with van der Waals surface area (Å²) in [6.07, 6.45) is -2.89. The van der Waals surface area contributed by atoms with Gasteiger partial charge in [-0.2, -0.15) is 0 Å². The molecular weight excluding hydrogens is 482 g/mol. The van der Waals surface area contributed by atoms with Gasteiger partial charge in [-0.15, -0.1) is 8.78 Å². The third kappa shape index (κ3) is 4.28. The molecule has 1 N–H and O–H groups in total. The first-order valence-corrected chi connectivity index (χ1v) is 11.9. The number of nitrogens with one attached hydrogen (secondary N) is 1. The summed E-state index contributed by atoms with van der Waals surface area (Å²) in [6.45, 7) is 7.57. The third-order valence-electron chi connectivity index (χ3n) is 6.76. The zero-order chi connectivity index (χ0) is 26.8. The van der Waals surface area contributed by atoms with Crippen LogP contribution in [0.5, 0.6) is 11.5 Å². The summed E-state index contributed by atoms with van der Waals surface area (Å²) < 4.78 is 36.7. The number of fused-ring (bicyclic) bond motifs is 1. The molecule has 2 heterocycles. The van der Waals surface area contributed by atoms with Gasteiger partial charge in [-0.25, -0.2) is 4.98 Å². The van der Waals surface area contributed by atoms with Crippen molar-refractivity contribution in [2.24, 2.45) is 0 Å². The van der Waals surface area contributed by atoms with E-state index in [0.717, 1.165) is 5.56 Å². The molecule has 1 saturated carbocycles. The number of carbonyl (C=O) groups excluding carboxylic acids is 2. The largest absolute Gasteiger partial charge is 0.586 e. The Hall–Kier alpha value is -4.01. The number of ether oxygens (including phenoxy) is 2. The third-order valence-corrected chi connectivity index (χ3v) is 6.76. The van der Waals surface area contributed by atoms with Gasteiger partial charge in [0.2, 0.25) is 5.91 Å². The van der Waals surface area contributed by atoms with Gasteiger partial charge in [0.05, 0.1) is 17.1 Å². The second-order valence-corrected chi connectivity index (χ2v) is 10.5. The standard InChI is InChI=1S/C28H26F2N2O5/c1-15-11-12-20(31-22(15)16-7-5-8-17(24(33)34)21(16)26(2,3)4)32-25(35)27(13-14-27)18-9-6-10-19-23(18)37-28(29,30)36-19/h5-12H,13-14H2,1-4H3,(H,33,34)(H,31,32,35)/p-1. The number of hydrogen-bond donors (Lipinski definition) is 1. The minimum Gasteiger partial charge on any atom is -0.545 e. The van der Waals surface area contributed by atoms with Crippen molar-refractivity contribution in [3.05, 3.63) is 70.8 Å². The molecule has 0 saturated heterocycles. The predicted molar refractivity (Wildman–Crippen MR) is 130 cm³/mol. The van der Waals surface area contributed by atoms with Gasteiger partial charge in [0.1, 0.15) is 5.82 Å². The molecule has 7 nitrogen and oxygen atoms in total. The second kappa shape index (κ2) is 8.26. The quantitative estimate of drug-likeness (QED) is 0.537. The molecule has 0 spiro atoms. The van der Waals surface area contributed by atoms with Crippen molar-refractivity contribution < 1.29 is 33.0 Å². The molecule has 0 unspecified atom stereocenters. The summed E-state index contributed by atoms with van der Waals surface area (Å²) >= 11 is 0. The Labute approximate surface area is 212 Å². The number of halogens is 2. The summed E-state index contributed by atoms with van der Waals surface area (Å²) in [6, 6.07) is 12.9. The predicted octanol–water partition coefficient (Wildman–Crippen LogP) is 4.71. The normalized spacial score (nSPS) is 16.8. The fraction of sp³-hybridized carbons (Fsp3) is 0.321. The number of benzene rings is 2. The monoisotopic (exact) mass is 507 g/mol. The maximum absolute atomic E-state index is 13.7. The number of rotatable bonds is 5. The number of carboxylic acid groups (broad SMARTS) is 1. The van der Waals surface area contributed by atoms with Crippen LogP contribution >= 0.6 is 0 Å². The lowest BCUT2D eigenvalue weighted by Crippen LogP contribution is -2.30. The van der Waals surface area contributed by atoms with E-state index in [1.54, 1.807) is 36.4 Å². The maximum Gasteiger partial charge on any atom is 0.586 e. The van der Waals surface area contributed by atoms with E-state index in [0.29, 0.717) is 35.2 Å². The highest BCUT2D eigenvalue weighted by atomic mass is 19.3. The van der Waals surface area contributed by atoms with Crippen LogP contribution < -0.4 is 19.9 Å². The Morgan fingerprint density at radius 3 is 2.38 bits per heavy atom. The zero-order valence-electron chi connectivity index (χ0n) is 20.8. The first-order chi connectivity index (χ1) is 17.3. The number of alkyl halides is 2. The minimum absolute atomic E-state index is 0.0783. The van der Waals surface area contributed by atoms with Crippen LogP contribution in [-0.2, 0) is 15.6 Å². The highest BCUT2D eigenvalue weighted by Gasteiger charge is 2.56. The van der Waals surface area contributed by atoms with Crippen LogP contribution in [0.4, 0.5) is 14.6 Å². The molecule has 2 aromatic carbocycles. The first kappa shape index (κ1) is 24.7.